The standard InChI is InChI=1S/C8H7FINO/c1-4(12)8-6(10)2-5(9)3-7(8)11/h2-3H,11H2,1H3. The van der Waals surface area contributed by atoms with E-state index >= 15 is 0 Å². The van der Waals surface area contributed by atoms with E-state index in [-0.39, 0.29) is 11.5 Å². The third-order valence-electron chi connectivity index (χ3n) is 1.44. The smallest absolute Gasteiger partial charge is 0.162 e. The van der Waals surface area contributed by atoms with E-state index in [4.69, 9.17) is 5.73 Å². The van der Waals surface area contributed by atoms with Crippen LogP contribution in [0.4, 0.5) is 10.1 Å². The van der Waals surface area contributed by atoms with Gasteiger partial charge in [0.2, 0.25) is 0 Å². The Morgan fingerprint density at radius 2 is 2.17 bits per heavy atom. The summed E-state index contributed by atoms with van der Waals surface area (Å²) in [6, 6.07) is 2.44. The zero-order valence-electron chi connectivity index (χ0n) is 6.40. The molecule has 1 aromatic rings. The first-order valence-electron chi connectivity index (χ1n) is 3.28. The molecule has 0 fully saturated rings. The Morgan fingerprint density at radius 3 is 2.58 bits per heavy atom. The fraction of sp³-hybridized carbons (Fsp3) is 0.125. The molecule has 4 heteroatoms. The number of nitrogens with two attached hydrogens (primary N) is 1. The molecule has 1 aromatic carbocycles. The summed E-state index contributed by atoms with van der Waals surface area (Å²) in [7, 11) is 0. The Morgan fingerprint density at radius 1 is 1.58 bits per heavy atom. The number of anilines is 1. The summed E-state index contributed by atoms with van der Waals surface area (Å²) in [6.07, 6.45) is 0. The molecule has 0 aliphatic rings. The Bertz CT molecular complexity index is 315. The second kappa shape index (κ2) is 3.38. The van der Waals surface area contributed by atoms with Crippen molar-refractivity contribution in [2.45, 2.75) is 6.92 Å². The van der Waals surface area contributed by atoms with Crippen molar-refractivity contribution < 1.29 is 9.18 Å². The number of hydrogen-bond donors (Lipinski definition) is 1. The van der Waals surface area contributed by atoms with Gasteiger partial charge >= 0.3 is 0 Å². The number of hydrogen-bond acceptors (Lipinski definition) is 2. The van der Waals surface area contributed by atoms with Gasteiger partial charge < -0.3 is 5.73 Å². The molecular formula is C8H7FINO. The second-order valence-electron chi connectivity index (χ2n) is 2.41. The molecule has 0 radical (unpaired) electrons. The molecule has 12 heavy (non-hydrogen) atoms. The van der Waals surface area contributed by atoms with Crippen LogP contribution in [-0.4, -0.2) is 5.78 Å². The van der Waals surface area contributed by atoms with Gasteiger partial charge in [-0.15, -0.1) is 0 Å². The zero-order chi connectivity index (χ0) is 9.30. The lowest BCUT2D eigenvalue weighted by Crippen LogP contribution is -2.03. The molecule has 0 saturated heterocycles. The van der Waals surface area contributed by atoms with Gasteiger partial charge in [0, 0.05) is 9.26 Å². The minimum atomic E-state index is -0.415. The van der Waals surface area contributed by atoms with Crippen molar-refractivity contribution in [2.75, 3.05) is 5.73 Å². The van der Waals surface area contributed by atoms with E-state index in [1.54, 1.807) is 0 Å². The van der Waals surface area contributed by atoms with Crippen LogP contribution >= 0.6 is 22.6 Å². The van der Waals surface area contributed by atoms with Gasteiger partial charge in [-0.25, -0.2) is 4.39 Å². The average Bonchev–Trinajstić information content (AvgIpc) is 1.82. The predicted molar refractivity (Wildman–Crippen MR) is 53.5 cm³/mol. The van der Waals surface area contributed by atoms with Crippen LogP contribution in [0.5, 0.6) is 0 Å². The number of halogens is 2. The van der Waals surface area contributed by atoms with E-state index < -0.39 is 5.82 Å². The van der Waals surface area contributed by atoms with Crippen LogP contribution in [0.25, 0.3) is 0 Å². The van der Waals surface area contributed by atoms with Crippen molar-refractivity contribution in [3.8, 4) is 0 Å². The lowest BCUT2D eigenvalue weighted by atomic mass is 10.1. The Hall–Kier alpha value is -0.650. The SMILES string of the molecule is CC(=O)c1c(N)cc(F)cc1I. The molecule has 64 valence electrons. The van der Waals surface area contributed by atoms with Crippen LogP contribution in [0.3, 0.4) is 0 Å². The number of ketones is 1. The third kappa shape index (κ3) is 1.74. The van der Waals surface area contributed by atoms with Gasteiger partial charge in [-0.2, -0.15) is 0 Å². The topological polar surface area (TPSA) is 43.1 Å². The number of rotatable bonds is 1. The number of carbonyl (C=O) groups excluding carboxylic acids is 1. The average molecular weight is 279 g/mol. The van der Waals surface area contributed by atoms with E-state index in [1.165, 1.54) is 13.0 Å². The Labute approximate surface area is 83.1 Å². The quantitative estimate of drug-likeness (QED) is 0.486. The number of Topliss-reactive ketones (excluding diaryl/α,β-unsaturated/α-hetero) is 1. The molecule has 0 bridgehead atoms. The van der Waals surface area contributed by atoms with E-state index in [0.717, 1.165) is 6.07 Å². The maximum absolute atomic E-state index is 12.7. The van der Waals surface area contributed by atoms with E-state index in [0.29, 0.717) is 9.13 Å². The normalized spacial score (nSPS) is 9.92. The fourth-order valence-corrected chi connectivity index (χ4v) is 1.95. The molecule has 0 atom stereocenters. The summed E-state index contributed by atoms with van der Waals surface area (Å²) in [5.41, 5.74) is 6.06. The van der Waals surface area contributed by atoms with Crippen LogP contribution in [0.1, 0.15) is 17.3 Å². The van der Waals surface area contributed by atoms with Gasteiger partial charge in [0.05, 0.1) is 5.56 Å². The summed E-state index contributed by atoms with van der Waals surface area (Å²) < 4.78 is 13.2. The maximum atomic E-state index is 12.7. The molecule has 0 spiro atoms. The zero-order valence-corrected chi connectivity index (χ0v) is 8.55. The van der Waals surface area contributed by atoms with Gasteiger partial charge in [0.15, 0.2) is 5.78 Å². The lowest BCUT2D eigenvalue weighted by molar-refractivity contribution is 0.101. The van der Waals surface area contributed by atoms with E-state index in [2.05, 4.69) is 0 Å². The molecule has 0 heterocycles. The number of benzene rings is 1. The monoisotopic (exact) mass is 279 g/mol. The predicted octanol–water partition coefficient (Wildman–Crippen LogP) is 2.22. The van der Waals surface area contributed by atoms with Crippen molar-refractivity contribution in [3.63, 3.8) is 0 Å². The minimum Gasteiger partial charge on any atom is -0.398 e. The summed E-state index contributed by atoms with van der Waals surface area (Å²) in [5, 5.41) is 0. The van der Waals surface area contributed by atoms with Crippen LogP contribution < -0.4 is 5.73 Å². The van der Waals surface area contributed by atoms with Crippen LogP contribution in [-0.2, 0) is 0 Å². The van der Waals surface area contributed by atoms with Gasteiger partial charge in [-0.3, -0.25) is 4.79 Å². The van der Waals surface area contributed by atoms with Crippen LogP contribution in [0.2, 0.25) is 0 Å². The molecule has 0 unspecified atom stereocenters. The molecule has 0 aromatic heterocycles. The summed E-state index contributed by atoms with van der Waals surface area (Å²) in [5.74, 6) is -0.557. The van der Waals surface area contributed by atoms with Crippen molar-refractivity contribution in [2.24, 2.45) is 0 Å². The summed E-state index contributed by atoms with van der Waals surface area (Å²) in [4.78, 5) is 11.0. The summed E-state index contributed by atoms with van der Waals surface area (Å²) >= 11 is 1.89. The highest BCUT2D eigenvalue weighted by Crippen LogP contribution is 2.21. The Kier molecular flexibility index (Phi) is 2.66. The van der Waals surface area contributed by atoms with Gasteiger partial charge in [0.25, 0.3) is 0 Å². The van der Waals surface area contributed by atoms with Gasteiger partial charge in [-0.05, 0) is 41.6 Å². The number of carbonyl (C=O) groups is 1. The molecular weight excluding hydrogens is 272 g/mol. The summed E-state index contributed by atoms with van der Waals surface area (Å²) in [6.45, 7) is 1.41. The van der Waals surface area contributed by atoms with Crippen LogP contribution in [0.15, 0.2) is 12.1 Å². The first kappa shape index (κ1) is 9.44. The molecule has 1 rings (SSSR count). The number of nitrogen functional groups attached to an aromatic ring is 1. The minimum absolute atomic E-state index is 0.142. The third-order valence-corrected chi connectivity index (χ3v) is 2.29. The van der Waals surface area contributed by atoms with Gasteiger partial charge in [0.1, 0.15) is 5.82 Å². The molecule has 2 nitrogen and oxygen atoms in total. The second-order valence-corrected chi connectivity index (χ2v) is 3.57. The largest absolute Gasteiger partial charge is 0.398 e. The van der Waals surface area contributed by atoms with Crippen molar-refractivity contribution in [3.05, 3.63) is 27.1 Å². The van der Waals surface area contributed by atoms with Gasteiger partial charge in [-0.1, -0.05) is 0 Å². The first-order chi connectivity index (χ1) is 5.52. The fourth-order valence-electron chi connectivity index (χ4n) is 0.965. The highest BCUT2D eigenvalue weighted by molar-refractivity contribution is 14.1. The Balaban J connectivity index is 3.38. The highest BCUT2D eigenvalue weighted by Gasteiger charge is 2.10. The first-order valence-corrected chi connectivity index (χ1v) is 4.35. The molecule has 0 saturated carbocycles. The van der Waals surface area contributed by atoms with E-state index in [1.807, 2.05) is 22.6 Å². The maximum Gasteiger partial charge on any atom is 0.162 e. The van der Waals surface area contributed by atoms with E-state index in [9.17, 15) is 9.18 Å². The van der Waals surface area contributed by atoms with Crippen LogP contribution in [0, 0.1) is 9.39 Å². The molecule has 0 aliphatic heterocycles. The molecule has 2 N–H and O–H groups in total. The van der Waals surface area contributed by atoms with Crippen molar-refractivity contribution in [1.82, 2.24) is 0 Å². The van der Waals surface area contributed by atoms with Crippen molar-refractivity contribution in [1.29, 1.82) is 0 Å². The van der Waals surface area contributed by atoms with Crippen molar-refractivity contribution >= 4 is 34.1 Å². The molecule has 0 aliphatic carbocycles. The lowest BCUT2D eigenvalue weighted by Gasteiger charge is -2.03. The highest BCUT2D eigenvalue weighted by atomic mass is 127. The molecule has 0 amide bonds.